The summed E-state index contributed by atoms with van der Waals surface area (Å²) in [5, 5.41) is 13.1. The average molecular weight is 375 g/mol. The lowest BCUT2D eigenvalue weighted by atomic mass is 9.86. The highest BCUT2D eigenvalue weighted by Crippen LogP contribution is 2.33. The number of nitrogens with zero attached hydrogens (tertiary/aromatic N) is 1. The van der Waals surface area contributed by atoms with E-state index in [9.17, 15) is 5.11 Å². The third kappa shape index (κ3) is 2.31. The zero-order valence-corrected chi connectivity index (χ0v) is 13.2. The highest BCUT2D eigenvalue weighted by atomic mass is 127. The van der Waals surface area contributed by atoms with Gasteiger partial charge in [-0.2, -0.15) is 0 Å². The van der Waals surface area contributed by atoms with Gasteiger partial charge in [-0.3, -0.25) is 4.98 Å². The van der Waals surface area contributed by atoms with E-state index >= 15 is 0 Å². The van der Waals surface area contributed by atoms with Crippen LogP contribution >= 0.6 is 22.6 Å². The van der Waals surface area contributed by atoms with E-state index in [2.05, 4.69) is 27.6 Å². The van der Waals surface area contributed by atoms with E-state index in [1.165, 1.54) is 0 Å². The second-order valence-corrected chi connectivity index (χ2v) is 6.23. The Morgan fingerprint density at radius 1 is 1.05 bits per heavy atom. The van der Waals surface area contributed by atoms with Crippen LogP contribution in [0.2, 0.25) is 0 Å². The highest BCUT2D eigenvalue weighted by molar-refractivity contribution is 14.1. The molecule has 2 nitrogen and oxygen atoms in total. The van der Waals surface area contributed by atoms with Crippen molar-refractivity contribution >= 4 is 33.4 Å². The number of benzene rings is 2. The molecule has 0 aliphatic carbocycles. The highest BCUT2D eigenvalue weighted by Gasteiger charge is 2.27. The summed E-state index contributed by atoms with van der Waals surface area (Å²) in [7, 11) is 0. The number of pyridine rings is 1. The molecule has 1 unspecified atom stereocenters. The number of hydrogen-bond acceptors (Lipinski definition) is 2. The SMILES string of the molecule is CC(O)(c1ccc(I)cc1)c1cccc2ccncc12. The summed E-state index contributed by atoms with van der Waals surface area (Å²) in [4.78, 5) is 4.18. The molecular formula is C17H14INO. The topological polar surface area (TPSA) is 33.1 Å². The largest absolute Gasteiger partial charge is 0.381 e. The summed E-state index contributed by atoms with van der Waals surface area (Å²) in [6.45, 7) is 1.83. The van der Waals surface area contributed by atoms with Gasteiger partial charge in [0.1, 0.15) is 5.60 Å². The van der Waals surface area contributed by atoms with Crippen molar-refractivity contribution in [3.8, 4) is 0 Å². The van der Waals surface area contributed by atoms with E-state index in [1.54, 1.807) is 6.20 Å². The van der Waals surface area contributed by atoms with Gasteiger partial charge in [-0.15, -0.1) is 0 Å². The second kappa shape index (κ2) is 5.14. The molecule has 0 aliphatic rings. The van der Waals surface area contributed by atoms with Gasteiger partial charge in [0.05, 0.1) is 0 Å². The zero-order valence-electron chi connectivity index (χ0n) is 11.0. The summed E-state index contributed by atoms with van der Waals surface area (Å²) >= 11 is 2.26. The molecule has 1 atom stereocenters. The third-order valence-electron chi connectivity index (χ3n) is 3.61. The van der Waals surface area contributed by atoms with Crippen LogP contribution < -0.4 is 0 Å². The van der Waals surface area contributed by atoms with E-state index < -0.39 is 5.60 Å². The van der Waals surface area contributed by atoms with Gasteiger partial charge in [0.2, 0.25) is 0 Å². The van der Waals surface area contributed by atoms with Gasteiger partial charge < -0.3 is 5.11 Å². The minimum absolute atomic E-state index is 0.879. The van der Waals surface area contributed by atoms with Gasteiger partial charge in [0.25, 0.3) is 0 Å². The van der Waals surface area contributed by atoms with Gasteiger partial charge in [-0.1, -0.05) is 30.3 Å². The number of rotatable bonds is 2. The molecule has 3 heteroatoms. The standard InChI is InChI=1S/C17H14INO/c1-17(20,13-5-7-14(18)8-6-13)16-4-2-3-12-9-10-19-11-15(12)16/h2-11,20H,1H3. The zero-order chi connectivity index (χ0) is 14.2. The summed E-state index contributed by atoms with van der Waals surface area (Å²) in [6.07, 6.45) is 3.58. The van der Waals surface area contributed by atoms with Crippen LogP contribution in [-0.4, -0.2) is 10.1 Å². The summed E-state index contributed by atoms with van der Waals surface area (Å²) in [5.74, 6) is 0. The van der Waals surface area contributed by atoms with E-state index in [4.69, 9.17) is 0 Å². The van der Waals surface area contributed by atoms with E-state index in [-0.39, 0.29) is 0 Å². The van der Waals surface area contributed by atoms with Crippen LogP contribution in [-0.2, 0) is 5.60 Å². The number of hydrogen-bond donors (Lipinski definition) is 1. The molecule has 0 spiro atoms. The molecule has 1 heterocycles. The molecule has 3 rings (SSSR count). The number of aromatic nitrogens is 1. The van der Waals surface area contributed by atoms with Gasteiger partial charge >= 0.3 is 0 Å². The Morgan fingerprint density at radius 2 is 1.80 bits per heavy atom. The third-order valence-corrected chi connectivity index (χ3v) is 4.33. The van der Waals surface area contributed by atoms with Crippen LogP contribution in [0.3, 0.4) is 0 Å². The molecule has 100 valence electrons. The maximum Gasteiger partial charge on any atom is 0.112 e. The van der Waals surface area contributed by atoms with Gasteiger partial charge in [0, 0.05) is 21.4 Å². The molecule has 1 aromatic heterocycles. The molecule has 0 aliphatic heterocycles. The van der Waals surface area contributed by atoms with Crippen molar-refractivity contribution in [1.82, 2.24) is 4.98 Å². The maximum absolute atomic E-state index is 11.0. The Balaban J connectivity index is 2.20. The van der Waals surface area contributed by atoms with Crippen molar-refractivity contribution in [1.29, 1.82) is 0 Å². The van der Waals surface area contributed by atoms with Crippen LogP contribution in [0, 0.1) is 3.57 Å². The van der Waals surface area contributed by atoms with Crippen LogP contribution in [0.5, 0.6) is 0 Å². The number of aliphatic hydroxyl groups is 1. The molecule has 3 aromatic rings. The summed E-state index contributed by atoms with van der Waals surface area (Å²) in [6, 6.07) is 15.9. The van der Waals surface area contributed by atoms with E-state index in [0.717, 1.165) is 25.5 Å². The molecule has 2 aromatic carbocycles. The average Bonchev–Trinajstić information content (AvgIpc) is 2.47. The predicted molar refractivity (Wildman–Crippen MR) is 89.6 cm³/mol. The van der Waals surface area contributed by atoms with Crippen LogP contribution in [0.4, 0.5) is 0 Å². The van der Waals surface area contributed by atoms with Crippen molar-refractivity contribution in [2.45, 2.75) is 12.5 Å². The van der Waals surface area contributed by atoms with Crippen LogP contribution in [0.25, 0.3) is 10.8 Å². The Labute approximate surface area is 131 Å². The fraction of sp³-hybridized carbons (Fsp3) is 0.118. The molecule has 20 heavy (non-hydrogen) atoms. The fourth-order valence-corrected chi connectivity index (χ4v) is 2.83. The molecule has 0 saturated carbocycles. The van der Waals surface area contributed by atoms with E-state index in [0.29, 0.717) is 0 Å². The molecule has 1 N–H and O–H groups in total. The fourth-order valence-electron chi connectivity index (χ4n) is 2.47. The Bertz CT molecular complexity index is 745. The monoisotopic (exact) mass is 375 g/mol. The maximum atomic E-state index is 11.0. The van der Waals surface area contributed by atoms with Crippen molar-refractivity contribution in [2.75, 3.05) is 0 Å². The molecule has 0 saturated heterocycles. The van der Waals surface area contributed by atoms with Crippen LogP contribution in [0.1, 0.15) is 18.1 Å². The number of halogens is 1. The Morgan fingerprint density at radius 3 is 2.55 bits per heavy atom. The Hall–Kier alpha value is -1.46. The van der Waals surface area contributed by atoms with Crippen molar-refractivity contribution in [3.05, 3.63) is 75.6 Å². The first-order valence-electron chi connectivity index (χ1n) is 6.41. The number of fused-ring (bicyclic) bond motifs is 1. The lowest BCUT2D eigenvalue weighted by Crippen LogP contribution is -2.23. The normalized spacial score (nSPS) is 14.2. The van der Waals surface area contributed by atoms with E-state index in [1.807, 2.05) is 61.7 Å². The lowest BCUT2D eigenvalue weighted by molar-refractivity contribution is 0.104. The first-order valence-corrected chi connectivity index (χ1v) is 7.48. The first kappa shape index (κ1) is 13.5. The summed E-state index contributed by atoms with van der Waals surface area (Å²) < 4.78 is 1.15. The van der Waals surface area contributed by atoms with Crippen LogP contribution in [0.15, 0.2) is 60.9 Å². The quantitative estimate of drug-likeness (QED) is 0.685. The van der Waals surface area contributed by atoms with Gasteiger partial charge in [-0.25, -0.2) is 0 Å². The first-order chi connectivity index (χ1) is 9.59. The molecule has 0 bridgehead atoms. The summed E-state index contributed by atoms with van der Waals surface area (Å²) in [5.41, 5.74) is 0.728. The van der Waals surface area contributed by atoms with Gasteiger partial charge in [0.15, 0.2) is 0 Å². The molecule has 0 radical (unpaired) electrons. The van der Waals surface area contributed by atoms with Gasteiger partial charge in [-0.05, 0) is 64.2 Å². The van der Waals surface area contributed by atoms with Crippen molar-refractivity contribution in [3.63, 3.8) is 0 Å². The lowest BCUT2D eigenvalue weighted by Gasteiger charge is -2.26. The molecule has 0 amide bonds. The minimum Gasteiger partial charge on any atom is -0.381 e. The molecule has 0 fully saturated rings. The minimum atomic E-state index is -1.03. The van der Waals surface area contributed by atoms with Crippen molar-refractivity contribution in [2.24, 2.45) is 0 Å². The Kier molecular flexibility index (Phi) is 3.48. The van der Waals surface area contributed by atoms with Crippen molar-refractivity contribution < 1.29 is 5.11 Å². The smallest absolute Gasteiger partial charge is 0.112 e. The second-order valence-electron chi connectivity index (χ2n) is 4.98. The predicted octanol–water partition coefficient (Wildman–Crippen LogP) is 4.10. The molecular weight excluding hydrogens is 361 g/mol.